The highest BCUT2D eigenvalue weighted by Crippen LogP contribution is 2.21. The predicted octanol–water partition coefficient (Wildman–Crippen LogP) is -0.689. The fourth-order valence-electron chi connectivity index (χ4n) is 0.951. The van der Waals surface area contributed by atoms with E-state index in [0.29, 0.717) is 13.0 Å². The van der Waals surface area contributed by atoms with Gasteiger partial charge in [0.1, 0.15) is 6.61 Å². The van der Waals surface area contributed by atoms with Crippen molar-refractivity contribution in [3.63, 3.8) is 0 Å². The molecule has 4 nitrogen and oxygen atoms in total. The van der Waals surface area contributed by atoms with Gasteiger partial charge in [0.15, 0.2) is 5.78 Å². The number of Topliss-reactive ketones (excluding diaryl/α,β-unsaturated/α-hetero) is 1. The lowest BCUT2D eigenvalue weighted by Crippen LogP contribution is -2.41. The Morgan fingerprint density at radius 3 is 2.80 bits per heavy atom. The van der Waals surface area contributed by atoms with E-state index in [0.717, 1.165) is 0 Å². The molecule has 1 saturated heterocycles. The Kier molecular flexibility index (Phi) is 2.03. The van der Waals surface area contributed by atoms with Gasteiger partial charge in [-0.2, -0.15) is 0 Å². The van der Waals surface area contributed by atoms with E-state index in [9.17, 15) is 4.79 Å². The van der Waals surface area contributed by atoms with Gasteiger partial charge in [-0.25, -0.2) is 0 Å². The normalized spacial score (nSPS) is 33.2. The molecule has 1 aliphatic rings. The molecular formula is C6H10O4. The minimum Gasteiger partial charge on any atom is -0.390 e. The van der Waals surface area contributed by atoms with E-state index < -0.39 is 12.4 Å². The second-order valence-electron chi connectivity index (χ2n) is 2.14. The lowest BCUT2D eigenvalue weighted by Gasteiger charge is -2.21. The van der Waals surface area contributed by atoms with Crippen molar-refractivity contribution in [2.24, 2.45) is 0 Å². The van der Waals surface area contributed by atoms with Gasteiger partial charge >= 0.3 is 0 Å². The van der Waals surface area contributed by atoms with Crippen LogP contribution in [0.25, 0.3) is 0 Å². The lowest BCUT2D eigenvalue weighted by molar-refractivity contribution is -0.210. The van der Waals surface area contributed by atoms with Crippen LogP contribution in [0.4, 0.5) is 0 Å². The average Bonchev–Trinajstić information content (AvgIpc) is 2.32. The SMILES string of the molecule is COC1(CO)OCCC1=O. The predicted molar refractivity (Wildman–Crippen MR) is 32.4 cm³/mol. The zero-order chi connectivity index (χ0) is 7.61. The molecular weight excluding hydrogens is 136 g/mol. The minimum atomic E-state index is -1.35. The molecule has 0 spiro atoms. The van der Waals surface area contributed by atoms with Gasteiger partial charge in [-0.15, -0.1) is 0 Å². The summed E-state index contributed by atoms with van der Waals surface area (Å²) in [5, 5.41) is 8.72. The van der Waals surface area contributed by atoms with Crippen LogP contribution in [0.3, 0.4) is 0 Å². The lowest BCUT2D eigenvalue weighted by atomic mass is 10.2. The summed E-state index contributed by atoms with van der Waals surface area (Å²) < 4.78 is 9.67. The molecule has 0 aromatic heterocycles. The van der Waals surface area contributed by atoms with Crippen molar-refractivity contribution in [2.45, 2.75) is 12.2 Å². The van der Waals surface area contributed by atoms with Gasteiger partial charge in [0.05, 0.1) is 6.61 Å². The molecule has 1 heterocycles. The van der Waals surface area contributed by atoms with Gasteiger partial charge in [0.2, 0.25) is 0 Å². The van der Waals surface area contributed by atoms with Gasteiger partial charge in [-0.3, -0.25) is 4.79 Å². The van der Waals surface area contributed by atoms with E-state index in [4.69, 9.17) is 14.6 Å². The quantitative estimate of drug-likeness (QED) is 0.560. The molecule has 1 atom stereocenters. The fraction of sp³-hybridized carbons (Fsp3) is 0.833. The van der Waals surface area contributed by atoms with Crippen molar-refractivity contribution in [2.75, 3.05) is 20.3 Å². The first-order valence-electron chi connectivity index (χ1n) is 3.08. The Morgan fingerprint density at radius 1 is 1.90 bits per heavy atom. The van der Waals surface area contributed by atoms with Crippen LogP contribution in [0.2, 0.25) is 0 Å². The largest absolute Gasteiger partial charge is 0.390 e. The molecule has 0 bridgehead atoms. The molecule has 10 heavy (non-hydrogen) atoms. The number of carbonyl (C=O) groups excluding carboxylic acids is 1. The molecule has 0 aromatic carbocycles. The van der Waals surface area contributed by atoms with Crippen molar-refractivity contribution in [3.8, 4) is 0 Å². The fourth-order valence-corrected chi connectivity index (χ4v) is 0.951. The van der Waals surface area contributed by atoms with Crippen molar-refractivity contribution in [3.05, 3.63) is 0 Å². The summed E-state index contributed by atoms with van der Waals surface area (Å²) in [6, 6.07) is 0. The van der Waals surface area contributed by atoms with Crippen molar-refractivity contribution >= 4 is 5.78 Å². The molecule has 1 unspecified atom stereocenters. The first-order valence-corrected chi connectivity index (χ1v) is 3.08. The molecule has 0 radical (unpaired) electrons. The maximum atomic E-state index is 10.9. The molecule has 1 N–H and O–H groups in total. The summed E-state index contributed by atoms with van der Waals surface area (Å²) in [6.07, 6.45) is 0.328. The van der Waals surface area contributed by atoms with E-state index in [1.54, 1.807) is 0 Å². The van der Waals surface area contributed by atoms with Crippen molar-refractivity contribution < 1.29 is 19.4 Å². The van der Waals surface area contributed by atoms with Crippen LogP contribution in [0.1, 0.15) is 6.42 Å². The number of ether oxygens (including phenoxy) is 2. The number of hydrogen-bond acceptors (Lipinski definition) is 4. The third kappa shape index (κ3) is 0.941. The maximum absolute atomic E-state index is 10.9. The van der Waals surface area contributed by atoms with E-state index in [1.165, 1.54) is 7.11 Å². The monoisotopic (exact) mass is 146 g/mol. The molecule has 58 valence electrons. The van der Waals surface area contributed by atoms with E-state index in [-0.39, 0.29) is 5.78 Å². The summed E-state index contributed by atoms with van der Waals surface area (Å²) in [7, 11) is 1.35. The van der Waals surface area contributed by atoms with Crippen LogP contribution in [-0.2, 0) is 14.3 Å². The maximum Gasteiger partial charge on any atom is 0.252 e. The van der Waals surface area contributed by atoms with Crippen LogP contribution < -0.4 is 0 Å². The number of carbonyl (C=O) groups is 1. The third-order valence-corrected chi connectivity index (χ3v) is 1.63. The second-order valence-corrected chi connectivity index (χ2v) is 2.14. The number of aliphatic hydroxyl groups is 1. The Labute approximate surface area is 58.7 Å². The highest BCUT2D eigenvalue weighted by Gasteiger charge is 2.43. The Bertz CT molecular complexity index is 139. The summed E-state index contributed by atoms with van der Waals surface area (Å²) in [6.45, 7) is -0.0600. The molecule has 4 heteroatoms. The van der Waals surface area contributed by atoms with Gasteiger partial charge in [0.25, 0.3) is 5.79 Å². The third-order valence-electron chi connectivity index (χ3n) is 1.63. The number of methoxy groups -OCH3 is 1. The first kappa shape index (κ1) is 7.65. The highest BCUT2D eigenvalue weighted by molar-refractivity contribution is 5.87. The van der Waals surface area contributed by atoms with Crippen LogP contribution in [-0.4, -0.2) is 37.0 Å². The van der Waals surface area contributed by atoms with Gasteiger partial charge in [-0.1, -0.05) is 0 Å². The Morgan fingerprint density at radius 2 is 2.60 bits per heavy atom. The minimum absolute atomic E-state index is 0.183. The van der Waals surface area contributed by atoms with Crippen molar-refractivity contribution in [1.82, 2.24) is 0 Å². The summed E-state index contributed by atoms with van der Waals surface area (Å²) in [5.41, 5.74) is 0. The van der Waals surface area contributed by atoms with Crippen LogP contribution in [0.15, 0.2) is 0 Å². The van der Waals surface area contributed by atoms with Gasteiger partial charge in [0, 0.05) is 13.5 Å². The van der Waals surface area contributed by atoms with Crippen LogP contribution in [0.5, 0.6) is 0 Å². The molecule has 0 amide bonds. The molecule has 0 saturated carbocycles. The van der Waals surface area contributed by atoms with Crippen LogP contribution in [0, 0.1) is 0 Å². The van der Waals surface area contributed by atoms with E-state index in [2.05, 4.69) is 0 Å². The smallest absolute Gasteiger partial charge is 0.252 e. The standard InChI is InChI=1S/C6H10O4/c1-9-6(4-7)5(8)2-3-10-6/h7H,2-4H2,1H3. The number of aliphatic hydroxyl groups excluding tert-OH is 1. The highest BCUT2D eigenvalue weighted by atomic mass is 16.7. The topological polar surface area (TPSA) is 55.8 Å². The zero-order valence-corrected chi connectivity index (χ0v) is 5.79. The van der Waals surface area contributed by atoms with Gasteiger partial charge in [-0.05, 0) is 0 Å². The molecule has 1 fully saturated rings. The summed E-state index contributed by atoms with van der Waals surface area (Å²) >= 11 is 0. The molecule has 0 aliphatic carbocycles. The Balaban J connectivity index is 2.71. The van der Waals surface area contributed by atoms with Crippen LogP contribution >= 0.6 is 0 Å². The molecule has 1 aliphatic heterocycles. The zero-order valence-electron chi connectivity index (χ0n) is 5.79. The van der Waals surface area contributed by atoms with Gasteiger partial charge < -0.3 is 14.6 Å². The Hall–Kier alpha value is -0.450. The van der Waals surface area contributed by atoms with E-state index in [1.807, 2.05) is 0 Å². The number of hydrogen-bond donors (Lipinski definition) is 1. The first-order chi connectivity index (χ1) is 4.75. The van der Waals surface area contributed by atoms with Crippen molar-refractivity contribution in [1.29, 1.82) is 0 Å². The van der Waals surface area contributed by atoms with E-state index >= 15 is 0 Å². The average molecular weight is 146 g/mol. The molecule has 1 rings (SSSR count). The second kappa shape index (κ2) is 2.65. The number of rotatable bonds is 2. The number of ketones is 1. The summed E-state index contributed by atoms with van der Waals surface area (Å²) in [5.74, 6) is -1.53. The summed E-state index contributed by atoms with van der Waals surface area (Å²) in [4.78, 5) is 10.9. The molecule has 0 aromatic rings.